The molecule has 1 N–H and O–H groups in total. The second kappa shape index (κ2) is 4.70. The van der Waals surface area contributed by atoms with Crippen LogP contribution in [-0.4, -0.2) is 15.4 Å². The zero-order valence-electron chi connectivity index (χ0n) is 11.5. The molecule has 0 aliphatic heterocycles. The van der Waals surface area contributed by atoms with Gasteiger partial charge in [0.25, 0.3) is 5.56 Å². The quantitative estimate of drug-likeness (QED) is 0.926. The topological polar surface area (TPSA) is 46.4 Å². The molecule has 4 heteroatoms. The van der Waals surface area contributed by atoms with Crippen LogP contribution in [0.1, 0.15) is 31.4 Å². The number of pyridine rings is 1. The van der Waals surface area contributed by atoms with Crippen molar-refractivity contribution < 1.29 is 0 Å². The first kappa shape index (κ1) is 12.1. The van der Waals surface area contributed by atoms with Gasteiger partial charge in [-0.1, -0.05) is 12.5 Å². The van der Waals surface area contributed by atoms with E-state index < -0.39 is 0 Å². The number of fused-ring (bicyclic) bond motifs is 3. The van der Waals surface area contributed by atoms with Gasteiger partial charge < -0.3 is 5.32 Å². The van der Waals surface area contributed by atoms with Gasteiger partial charge >= 0.3 is 0 Å². The zero-order valence-corrected chi connectivity index (χ0v) is 11.5. The maximum Gasteiger partial charge on any atom is 0.258 e. The van der Waals surface area contributed by atoms with E-state index in [1.54, 1.807) is 16.7 Å². The van der Waals surface area contributed by atoms with E-state index in [4.69, 9.17) is 0 Å². The summed E-state index contributed by atoms with van der Waals surface area (Å²) in [5.41, 5.74) is 1.58. The molecule has 104 valence electrons. The van der Waals surface area contributed by atoms with Gasteiger partial charge in [0.15, 0.2) is 0 Å². The van der Waals surface area contributed by atoms with E-state index >= 15 is 0 Å². The van der Waals surface area contributed by atoms with E-state index in [0.717, 1.165) is 23.2 Å². The third kappa shape index (κ3) is 2.04. The summed E-state index contributed by atoms with van der Waals surface area (Å²) in [5, 5.41) is 3.61. The number of hydrogen-bond acceptors (Lipinski definition) is 3. The maximum absolute atomic E-state index is 12.0. The van der Waals surface area contributed by atoms with Gasteiger partial charge in [0, 0.05) is 24.8 Å². The maximum atomic E-state index is 12.0. The van der Waals surface area contributed by atoms with E-state index in [2.05, 4.69) is 10.3 Å². The van der Waals surface area contributed by atoms with Crippen LogP contribution in [0.15, 0.2) is 35.3 Å². The Labute approximate surface area is 117 Å². The molecule has 2 aliphatic rings. The first-order valence-electron chi connectivity index (χ1n) is 7.50. The molecule has 2 aromatic heterocycles. The fourth-order valence-electron chi connectivity index (χ4n) is 3.92. The van der Waals surface area contributed by atoms with Crippen LogP contribution >= 0.6 is 0 Å². The molecule has 4 nitrogen and oxygen atoms in total. The smallest absolute Gasteiger partial charge is 0.258 e. The Balaban J connectivity index is 1.53. The summed E-state index contributed by atoms with van der Waals surface area (Å²) >= 11 is 0. The highest BCUT2D eigenvalue weighted by Crippen LogP contribution is 2.44. The number of aromatic nitrogens is 2. The standard InChI is InChI=1S/C16H19N3O/c20-16-9-13(18-15-3-1-2-6-19(15)16)10-17-14-8-11-4-5-12(14)7-11/h1-3,6,9,11-12,14,17H,4-5,7-8,10H2. The molecule has 3 unspecified atom stereocenters. The van der Waals surface area contributed by atoms with Gasteiger partial charge in [-0.25, -0.2) is 4.98 Å². The summed E-state index contributed by atoms with van der Waals surface area (Å²) in [7, 11) is 0. The number of rotatable bonds is 3. The highest BCUT2D eigenvalue weighted by Gasteiger charge is 2.38. The predicted molar refractivity (Wildman–Crippen MR) is 77.5 cm³/mol. The Hall–Kier alpha value is -1.68. The van der Waals surface area contributed by atoms with Gasteiger partial charge in [-0.2, -0.15) is 0 Å². The highest BCUT2D eigenvalue weighted by molar-refractivity contribution is 5.37. The molecule has 2 fully saturated rings. The lowest BCUT2D eigenvalue weighted by atomic mass is 9.95. The normalized spacial score (nSPS) is 28.3. The number of nitrogens with zero attached hydrogens (tertiary/aromatic N) is 2. The van der Waals surface area contributed by atoms with Crippen LogP contribution in [-0.2, 0) is 6.54 Å². The predicted octanol–water partition coefficient (Wildman–Crippen LogP) is 1.97. The summed E-state index contributed by atoms with van der Waals surface area (Å²) < 4.78 is 1.58. The van der Waals surface area contributed by atoms with Crippen molar-refractivity contribution in [3.63, 3.8) is 0 Å². The fraction of sp³-hybridized carbons (Fsp3) is 0.500. The van der Waals surface area contributed by atoms with Crippen LogP contribution in [0.25, 0.3) is 5.65 Å². The zero-order chi connectivity index (χ0) is 13.5. The van der Waals surface area contributed by atoms with Gasteiger partial charge in [-0.05, 0) is 43.2 Å². The summed E-state index contributed by atoms with van der Waals surface area (Å²) in [6.07, 6.45) is 7.25. The Morgan fingerprint density at radius 2 is 2.25 bits per heavy atom. The lowest BCUT2D eigenvalue weighted by molar-refractivity contribution is 0.349. The molecular weight excluding hydrogens is 250 g/mol. The monoisotopic (exact) mass is 269 g/mol. The van der Waals surface area contributed by atoms with Gasteiger partial charge in [0.2, 0.25) is 0 Å². The Morgan fingerprint density at radius 3 is 3.05 bits per heavy atom. The van der Waals surface area contributed by atoms with Crippen molar-refractivity contribution in [1.29, 1.82) is 0 Å². The van der Waals surface area contributed by atoms with Crippen molar-refractivity contribution in [2.24, 2.45) is 11.8 Å². The molecule has 2 heterocycles. The molecular formula is C16H19N3O. The number of nitrogens with one attached hydrogen (secondary N) is 1. The van der Waals surface area contributed by atoms with Crippen LogP contribution in [0.2, 0.25) is 0 Å². The largest absolute Gasteiger partial charge is 0.308 e. The van der Waals surface area contributed by atoms with Crippen molar-refractivity contribution in [2.75, 3.05) is 0 Å². The highest BCUT2D eigenvalue weighted by atomic mass is 16.1. The summed E-state index contributed by atoms with van der Waals surface area (Å²) in [6, 6.07) is 7.91. The van der Waals surface area contributed by atoms with Crippen molar-refractivity contribution in [2.45, 2.75) is 38.3 Å². The van der Waals surface area contributed by atoms with Crippen LogP contribution in [0, 0.1) is 11.8 Å². The van der Waals surface area contributed by atoms with Crippen LogP contribution in [0.4, 0.5) is 0 Å². The summed E-state index contributed by atoms with van der Waals surface area (Å²) in [6.45, 7) is 0.703. The molecule has 20 heavy (non-hydrogen) atoms. The first-order chi connectivity index (χ1) is 9.79. The molecule has 0 spiro atoms. The van der Waals surface area contributed by atoms with Crippen molar-refractivity contribution >= 4 is 5.65 Å². The second-order valence-corrected chi connectivity index (χ2v) is 6.18. The van der Waals surface area contributed by atoms with Crippen molar-refractivity contribution in [3.8, 4) is 0 Å². The van der Waals surface area contributed by atoms with Crippen LogP contribution in [0.3, 0.4) is 0 Å². The van der Waals surface area contributed by atoms with Gasteiger partial charge in [0.05, 0.1) is 5.69 Å². The van der Waals surface area contributed by atoms with E-state index in [-0.39, 0.29) is 5.56 Å². The second-order valence-electron chi connectivity index (χ2n) is 6.18. The average molecular weight is 269 g/mol. The number of hydrogen-bond donors (Lipinski definition) is 1. The molecule has 4 rings (SSSR count). The van der Waals surface area contributed by atoms with E-state index in [1.807, 2.05) is 18.2 Å². The molecule has 2 saturated carbocycles. The minimum atomic E-state index is 0.000317. The lowest BCUT2D eigenvalue weighted by Gasteiger charge is -2.22. The molecule has 0 saturated heterocycles. The molecule has 2 bridgehead atoms. The fourth-order valence-corrected chi connectivity index (χ4v) is 3.92. The molecule has 0 radical (unpaired) electrons. The SMILES string of the molecule is O=c1cc(CNC2CC3CCC2C3)nc2ccccn12. The van der Waals surface area contributed by atoms with E-state index in [1.165, 1.54) is 25.7 Å². The van der Waals surface area contributed by atoms with Crippen LogP contribution < -0.4 is 10.9 Å². The average Bonchev–Trinajstić information content (AvgIpc) is 3.08. The van der Waals surface area contributed by atoms with Gasteiger partial charge in [-0.3, -0.25) is 9.20 Å². The Kier molecular flexibility index (Phi) is 2.84. The van der Waals surface area contributed by atoms with Crippen molar-refractivity contribution in [3.05, 3.63) is 46.5 Å². The third-order valence-corrected chi connectivity index (χ3v) is 4.91. The Morgan fingerprint density at radius 1 is 1.30 bits per heavy atom. The minimum absolute atomic E-state index is 0.000317. The summed E-state index contributed by atoms with van der Waals surface area (Å²) in [4.78, 5) is 16.6. The third-order valence-electron chi connectivity index (χ3n) is 4.91. The Bertz CT molecular complexity index is 693. The molecule has 2 aromatic rings. The van der Waals surface area contributed by atoms with Crippen LogP contribution in [0.5, 0.6) is 0 Å². The van der Waals surface area contributed by atoms with Gasteiger partial charge in [0.1, 0.15) is 5.65 Å². The van der Waals surface area contributed by atoms with Crippen molar-refractivity contribution in [1.82, 2.24) is 14.7 Å². The first-order valence-corrected chi connectivity index (χ1v) is 7.50. The lowest BCUT2D eigenvalue weighted by Crippen LogP contribution is -2.34. The molecule has 0 aromatic carbocycles. The summed E-state index contributed by atoms with van der Waals surface area (Å²) in [5.74, 6) is 1.79. The molecule has 2 aliphatic carbocycles. The van der Waals surface area contributed by atoms with Gasteiger partial charge in [-0.15, -0.1) is 0 Å². The molecule has 3 atom stereocenters. The minimum Gasteiger partial charge on any atom is -0.308 e. The molecule has 0 amide bonds. The van der Waals surface area contributed by atoms with E-state index in [9.17, 15) is 4.79 Å². The van der Waals surface area contributed by atoms with E-state index in [0.29, 0.717) is 12.6 Å².